The second-order valence-electron chi connectivity index (χ2n) is 2.96. The second-order valence-corrected chi connectivity index (χ2v) is 2.96. The smallest absolute Gasteiger partial charge is 0.233 e. The van der Waals surface area contributed by atoms with Crippen molar-refractivity contribution in [3.8, 4) is 0 Å². The number of carbonyl (C=O) groups excluding carboxylic acids is 1. The number of amides is 1. The lowest BCUT2D eigenvalue weighted by Gasteiger charge is -2.04. The molecular weight excluding hydrogens is 164 g/mol. The lowest BCUT2D eigenvalue weighted by molar-refractivity contribution is -0.120. The summed E-state index contributed by atoms with van der Waals surface area (Å²) in [6.07, 6.45) is 4.91. The summed E-state index contributed by atoms with van der Waals surface area (Å²) in [7, 11) is 0. The van der Waals surface area contributed by atoms with Gasteiger partial charge in [-0.3, -0.25) is 4.79 Å². The number of rotatable bonds is 8. The predicted molar refractivity (Wildman–Crippen MR) is 55.6 cm³/mol. The number of hydrogen-bond donors (Lipinski definition) is 2. The topological polar surface area (TPSA) is 41.1 Å². The van der Waals surface area contributed by atoms with Gasteiger partial charge in [-0.2, -0.15) is 0 Å². The SMILES string of the molecule is C=CCCNCC(=O)NCCCC. The maximum atomic E-state index is 11.1. The van der Waals surface area contributed by atoms with Crippen molar-refractivity contribution in [3.05, 3.63) is 12.7 Å². The molecule has 0 aliphatic heterocycles. The fourth-order valence-corrected chi connectivity index (χ4v) is 0.873. The molecule has 1 amide bonds. The Bertz CT molecular complexity index is 146. The third-order valence-electron chi connectivity index (χ3n) is 1.66. The van der Waals surface area contributed by atoms with Crippen LogP contribution in [0.5, 0.6) is 0 Å². The predicted octanol–water partition coefficient (Wildman–Crippen LogP) is 1.07. The van der Waals surface area contributed by atoms with Crippen LogP contribution in [0.3, 0.4) is 0 Å². The Balaban J connectivity index is 3.15. The molecule has 0 aliphatic rings. The molecule has 3 heteroatoms. The summed E-state index contributed by atoms with van der Waals surface area (Å²) in [5, 5.41) is 5.86. The number of hydrogen-bond acceptors (Lipinski definition) is 2. The van der Waals surface area contributed by atoms with Gasteiger partial charge < -0.3 is 10.6 Å². The van der Waals surface area contributed by atoms with E-state index in [9.17, 15) is 4.79 Å². The Hall–Kier alpha value is -0.830. The first-order chi connectivity index (χ1) is 6.31. The van der Waals surface area contributed by atoms with Gasteiger partial charge in [-0.15, -0.1) is 6.58 Å². The van der Waals surface area contributed by atoms with Gasteiger partial charge in [0, 0.05) is 6.54 Å². The van der Waals surface area contributed by atoms with Crippen LogP contribution in [0.1, 0.15) is 26.2 Å². The van der Waals surface area contributed by atoms with Crippen LogP contribution in [0, 0.1) is 0 Å². The summed E-state index contributed by atoms with van der Waals surface area (Å²) in [6, 6.07) is 0. The third kappa shape index (κ3) is 9.08. The number of unbranched alkanes of at least 4 members (excludes halogenated alkanes) is 1. The highest BCUT2D eigenvalue weighted by Crippen LogP contribution is 1.81. The average molecular weight is 184 g/mol. The molecule has 13 heavy (non-hydrogen) atoms. The minimum atomic E-state index is 0.0810. The molecule has 0 unspecified atom stereocenters. The molecule has 3 nitrogen and oxygen atoms in total. The first kappa shape index (κ1) is 12.2. The van der Waals surface area contributed by atoms with Crippen LogP contribution >= 0.6 is 0 Å². The highest BCUT2D eigenvalue weighted by atomic mass is 16.1. The summed E-state index contributed by atoms with van der Waals surface area (Å²) >= 11 is 0. The molecule has 0 aromatic carbocycles. The third-order valence-corrected chi connectivity index (χ3v) is 1.66. The molecule has 0 saturated carbocycles. The van der Waals surface area contributed by atoms with Gasteiger partial charge in [0.2, 0.25) is 5.91 Å². The van der Waals surface area contributed by atoms with Crippen molar-refractivity contribution in [1.29, 1.82) is 0 Å². The summed E-state index contributed by atoms with van der Waals surface area (Å²) in [5.41, 5.74) is 0. The summed E-state index contributed by atoms with van der Waals surface area (Å²) < 4.78 is 0. The molecular formula is C10H20N2O. The summed E-state index contributed by atoms with van der Waals surface area (Å²) in [4.78, 5) is 11.1. The van der Waals surface area contributed by atoms with Crippen LogP contribution in [-0.2, 0) is 4.79 Å². The van der Waals surface area contributed by atoms with E-state index < -0.39 is 0 Å². The van der Waals surface area contributed by atoms with Crippen molar-refractivity contribution in [2.45, 2.75) is 26.2 Å². The quantitative estimate of drug-likeness (QED) is 0.437. The molecule has 0 aromatic rings. The molecule has 0 atom stereocenters. The fourth-order valence-electron chi connectivity index (χ4n) is 0.873. The Kier molecular flexibility index (Phi) is 8.67. The molecule has 0 bridgehead atoms. The molecule has 2 N–H and O–H groups in total. The van der Waals surface area contributed by atoms with Gasteiger partial charge in [0.25, 0.3) is 0 Å². The van der Waals surface area contributed by atoms with E-state index in [1.807, 2.05) is 6.08 Å². The van der Waals surface area contributed by atoms with Crippen LogP contribution in [0.25, 0.3) is 0 Å². The van der Waals surface area contributed by atoms with Crippen molar-refractivity contribution in [2.24, 2.45) is 0 Å². The van der Waals surface area contributed by atoms with E-state index in [1.165, 1.54) is 0 Å². The van der Waals surface area contributed by atoms with Crippen LogP contribution in [0.2, 0.25) is 0 Å². The maximum Gasteiger partial charge on any atom is 0.233 e. The van der Waals surface area contributed by atoms with Crippen LogP contribution in [0.15, 0.2) is 12.7 Å². The zero-order valence-corrected chi connectivity index (χ0v) is 8.44. The van der Waals surface area contributed by atoms with E-state index in [2.05, 4.69) is 24.1 Å². The lowest BCUT2D eigenvalue weighted by Crippen LogP contribution is -2.34. The Morgan fingerprint density at radius 3 is 2.85 bits per heavy atom. The van der Waals surface area contributed by atoms with E-state index in [4.69, 9.17) is 0 Å². The normalized spacial score (nSPS) is 9.62. The zero-order chi connectivity index (χ0) is 9.94. The van der Waals surface area contributed by atoms with E-state index in [0.717, 1.165) is 32.4 Å². The highest BCUT2D eigenvalue weighted by Gasteiger charge is 1.97. The molecule has 0 fully saturated rings. The van der Waals surface area contributed by atoms with Gasteiger partial charge in [0.15, 0.2) is 0 Å². The molecule has 0 aliphatic carbocycles. The van der Waals surface area contributed by atoms with Crippen molar-refractivity contribution < 1.29 is 4.79 Å². The molecule has 0 heterocycles. The van der Waals surface area contributed by atoms with Gasteiger partial charge in [-0.1, -0.05) is 19.4 Å². The van der Waals surface area contributed by atoms with E-state index in [0.29, 0.717) is 6.54 Å². The van der Waals surface area contributed by atoms with Gasteiger partial charge in [-0.25, -0.2) is 0 Å². The monoisotopic (exact) mass is 184 g/mol. The second kappa shape index (κ2) is 9.26. The van der Waals surface area contributed by atoms with Crippen LogP contribution < -0.4 is 10.6 Å². The van der Waals surface area contributed by atoms with Crippen molar-refractivity contribution in [2.75, 3.05) is 19.6 Å². The zero-order valence-electron chi connectivity index (χ0n) is 8.44. The minimum Gasteiger partial charge on any atom is -0.355 e. The maximum absolute atomic E-state index is 11.1. The van der Waals surface area contributed by atoms with E-state index in [-0.39, 0.29) is 5.91 Å². The minimum absolute atomic E-state index is 0.0810. The van der Waals surface area contributed by atoms with Gasteiger partial charge in [0.05, 0.1) is 6.54 Å². The molecule has 0 radical (unpaired) electrons. The van der Waals surface area contributed by atoms with Crippen molar-refractivity contribution in [3.63, 3.8) is 0 Å². The fraction of sp³-hybridized carbons (Fsp3) is 0.700. The standard InChI is InChI=1S/C10H20N2O/c1-3-5-7-11-9-10(13)12-8-6-4-2/h3,11H,1,4-9H2,2H3,(H,12,13). The highest BCUT2D eigenvalue weighted by molar-refractivity contribution is 5.77. The largest absolute Gasteiger partial charge is 0.355 e. The number of carbonyl (C=O) groups is 1. The van der Waals surface area contributed by atoms with Crippen LogP contribution in [0.4, 0.5) is 0 Å². The van der Waals surface area contributed by atoms with Crippen molar-refractivity contribution in [1.82, 2.24) is 10.6 Å². The Labute approximate surface area is 80.6 Å². The van der Waals surface area contributed by atoms with Gasteiger partial charge in [-0.05, 0) is 19.4 Å². The van der Waals surface area contributed by atoms with Crippen LogP contribution in [-0.4, -0.2) is 25.5 Å². The van der Waals surface area contributed by atoms with Gasteiger partial charge in [0.1, 0.15) is 0 Å². The summed E-state index contributed by atoms with van der Waals surface area (Å²) in [5.74, 6) is 0.0810. The molecule has 76 valence electrons. The average Bonchev–Trinajstić information content (AvgIpc) is 2.13. The first-order valence-electron chi connectivity index (χ1n) is 4.89. The lowest BCUT2D eigenvalue weighted by atomic mass is 10.3. The first-order valence-corrected chi connectivity index (χ1v) is 4.89. The van der Waals surface area contributed by atoms with Gasteiger partial charge >= 0.3 is 0 Å². The summed E-state index contributed by atoms with van der Waals surface area (Å²) in [6.45, 7) is 7.73. The number of nitrogens with one attached hydrogen (secondary N) is 2. The molecule has 0 rings (SSSR count). The van der Waals surface area contributed by atoms with E-state index >= 15 is 0 Å². The van der Waals surface area contributed by atoms with E-state index in [1.54, 1.807) is 0 Å². The molecule has 0 saturated heterocycles. The molecule has 0 aromatic heterocycles. The van der Waals surface area contributed by atoms with Crippen molar-refractivity contribution >= 4 is 5.91 Å². The Morgan fingerprint density at radius 2 is 2.23 bits per heavy atom. The Morgan fingerprint density at radius 1 is 1.46 bits per heavy atom. The molecule has 0 spiro atoms.